The largest absolute Gasteiger partial charge is 0.396 e. The SMILES string of the molecule is CCC1CC(C)C(CO)C1CO. The fraction of sp³-hybridized carbons (Fsp3) is 1.00. The number of rotatable bonds is 3. The lowest BCUT2D eigenvalue weighted by molar-refractivity contribution is 0.104. The van der Waals surface area contributed by atoms with Gasteiger partial charge in [-0.25, -0.2) is 0 Å². The van der Waals surface area contributed by atoms with E-state index in [1.54, 1.807) is 0 Å². The summed E-state index contributed by atoms with van der Waals surface area (Å²) >= 11 is 0. The minimum Gasteiger partial charge on any atom is -0.396 e. The summed E-state index contributed by atoms with van der Waals surface area (Å²) in [5.41, 5.74) is 0. The lowest BCUT2D eigenvalue weighted by atomic mass is 9.88. The Labute approximate surface area is 74.6 Å². The molecule has 0 aromatic rings. The summed E-state index contributed by atoms with van der Waals surface area (Å²) in [6.45, 7) is 4.83. The first-order chi connectivity index (χ1) is 5.74. The van der Waals surface area contributed by atoms with Gasteiger partial charge in [-0.1, -0.05) is 20.3 Å². The molecule has 72 valence electrons. The molecule has 0 bridgehead atoms. The van der Waals surface area contributed by atoms with E-state index in [9.17, 15) is 5.11 Å². The van der Waals surface area contributed by atoms with Crippen molar-refractivity contribution in [3.8, 4) is 0 Å². The van der Waals surface area contributed by atoms with Crippen LogP contribution >= 0.6 is 0 Å². The summed E-state index contributed by atoms with van der Waals surface area (Å²) in [4.78, 5) is 0. The Morgan fingerprint density at radius 2 is 1.75 bits per heavy atom. The molecule has 0 amide bonds. The van der Waals surface area contributed by atoms with Crippen LogP contribution in [-0.2, 0) is 0 Å². The maximum absolute atomic E-state index is 9.18. The van der Waals surface area contributed by atoms with E-state index in [0.717, 1.165) is 6.42 Å². The monoisotopic (exact) mass is 172 g/mol. The molecule has 2 heteroatoms. The highest BCUT2D eigenvalue weighted by Gasteiger charge is 2.38. The first kappa shape index (κ1) is 10.0. The minimum atomic E-state index is 0.239. The van der Waals surface area contributed by atoms with E-state index < -0.39 is 0 Å². The number of hydrogen-bond acceptors (Lipinski definition) is 2. The van der Waals surface area contributed by atoms with Gasteiger partial charge in [0.05, 0.1) is 0 Å². The van der Waals surface area contributed by atoms with Crippen LogP contribution in [0.5, 0.6) is 0 Å². The van der Waals surface area contributed by atoms with Gasteiger partial charge in [-0.05, 0) is 30.1 Å². The minimum absolute atomic E-state index is 0.239. The van der Waals surface area contributed by atoms with Crippen LogP contribution in [0, 0.1) is 23.7 Å². The van der Waals surface area contributed by atoms with E-state index in [4.69, 9.17) is 5.11 Å². The van der Waals surface area contributed by atoms with Gasteiger partial charge in [0.2, 0.25) is 0 Å². The molecule has 4 unspecified atom stereocenters. The van der Waals surface area contributed by atoms with Gasteiger partial charge in [-0.3, -0.25) is 0 Å². The Morgan fingerprint density at radius 3 is 2.17 bits per heavy atom. The molecule has 2 N–H and O–H groups in total. The molecule has 12 heavy (non-hydrogen) atoms. The molecule has 0 aliphatic heterocycles. The standard InChI is InChI=1S/C10H20O2/c1-3-8-4-7(2)9(5-11)10(8)6-12/h7-12H,3-6H2,1-2H3. The Balaban J connectivity index is 2.61. The lowest BCUT2D eigenvalue weighted by Gasteiger charge is -2.21. The van der Waals surface area contributed by atoms with Crippen molar-refractivity contribution in [2.24, 2.45) is 23.7 Å². The van der Waals surface area contributed by atoms with Gasteiger partial charge in [0, 0.05) is 13.2 Å². The van der Waals surface area contributed by atoms with Crippen LogP contribution in [0.2, 0.25) is 0 Å². The fourth-order valence-electron chi connectivity index (χ4n) is 2.67. The number of aliphatic hydroxyl groups excluding tert-OH is 2. The van der Waals surface area contributed by atoms with Crippen molar-refractivity contribution >= 4 is 0 Å². The predicted octanol–water partition coefficient (Wildman–Crippen LogP) is 1.27. The first-order valence-electron chi connectivity index (χ1n) is 4.96. The van der Waals surface area contributed by atoms with Gasteiger partial charge in [-0.15, -0.1) is 0 Å². The molecule has 4 atom stereocenters. The Morgan fingerprint density at radius 1 is 1.17 bits per heavy atom. The van der Waals surface area contributed by atoms with Gasteiger partial charge >= 0.3 is 0 Å². The molecule has 0 spiro atoms. The number of hydrogen-bond donors (Lipinski definition) is 2. The molecular formula is C10H20O2. The van der Waals surface area contributed by atoms with Crippen LogP contribution in [0.4, 0.5) is 0 Å². The zero-order chi connectivity index (χ0) is 9.14. The van der Waals surface area contributed by atoms with Crippen LogP contribution in [0.15, 0.2) is 0 Å². The summed E-state index contributed by atoms with van der Waals surface area (Å²) in [6, 6.07) is 0. The van der Waals surface area contributed by atoms with Gasteiger partial charge in [0.15, 0.2) is 0 Å². The van der Waals surface area contributed by atoms with Crippen molar-refractivity contribution < 1.29 is 10.2 Å². The van der Waals surface area contributed by atoms with E-state index in [-0.39, 0.29) is 13.2 Å². The molecule has 1 aliphatic carbocycles. The maximum atomic E-state index is 9.18. The maximum Gasteiger partial charge on any atom is 0.0465 e. The average molecular weight is 172 g/mol. The van der Waals surface area contributed by atoms with E-state index in [1.165, 1.54) is 6.42 Å². The average Bonchev–Trinajstić information content (AvgIpc) is 2.40. The highest BCUT2D eigenvalue weighted by Crippen LogP contribution is 2.42. The first-order valence-corrected chi connectivity index (χ1v) is 4.96. The van der Waals surface area contributed by atoms with Gasteiger partial charge in [0.25, 0.3) is 0 Å². The molecule has 1 fully saturated rings. The van der Waals surface area contributed by atoms with Crippen LogP contribution in [0.1, 0.15) is 26.7 Å². The third-order valence-corrected chi connectivity index (χ3v) is 3.51. The third kappa shape index (κ3) is 1.64. The summed E-state index contributed by atoms with van der Waals surface area (Å²) < 4.78 is 0. The Bertz CT molecular complexity index is 136. The summed E-state index contributed by atoms with van der Waals surface area (Å²) in [5.74, 6) is 1.88. The molecule has 0 aromatic heterocycles. The van der Waals surface area contributed by atoms with Crippen molar-refractivity contribution in [3.63, 3.8) is 0 Å². The van der Waals surface area contributed by atoms with Gasteiger partial charge < -0.3 is 10.2 Å². The van der Waals surface area contributed by atoms with Gasteiger partial charge in [-0.2, -0.15) is 0 Å². The predicted molar refractivity (Wildman–Crippen MR) is 48.7 cm³/mol. The second kappa shape index (κ2) is 4.24. The molecule has 0 aromatic carbocycles. The second-order valence-electron chi connectivity index (χ2n) is 4.07. The van der Waals surface area contributed by atoms with E-state index >= 15 is 0 Å². The third-order valence-electron chi connectivity index (χ3n) is 3.51. The van der Waals surface area contributed by atoms with Crippen LogP contribution in [0.25, 0.3) is 0 Å². The Hall–Kier alpha value is -0.0800. The zero-order valence-corrected chi connectivity index (χ0v) is 8.03. The summed E-state index contributed by atoms with van der Waals surface area (Å²) in [5, 5.41) is 18.3. The quantitative estimate of drug-likeness (QED) is 0.673. The topological polar surface area (TPSA) is 40.5 Å². The highest BCUT2D eigenvalue weighted by molar-refractivity contribution is 4.87. The van der Waals surface area contributed by atoms with Crippen molar-refractivity contribution in [2.45, 2.75) is 26.7 Å². The zero-order valence-electron chi connectivity index (χ0n) is 8.03. The number of aliphatic hydroxyl groups is 2. The van der Waals surface area contributed by atoms with Crippen LogP contribution < -0.4 is 0 Å². The normalized spacial score (nSPS) is 42.0. The Kier molecular flexibility index (Phi) is 3.53. The highest BCUT2D eigenvalue weighted by atomic mass is 16.3. The van der Waals surface area contributed by atoms with Crippen molar-refractivity contribution in [2.75, 3.05) is 13.2 Å². The molecule has 0 saturated heterocycles. The molecule has 2 nitrogen and oxygen atoms in total. The van der Waals surface area contributed by atoms with Gasteiger partial charge in [0.1, 0.15) is 0 Å². The van der Waals surface area contributed by atoms with Crippen molar-refractivity contribution in [3.05, 3.63) is 0 Å². The van der Waals surface area contributed by atoms with Crippen molar-refractivity contribution in [1.82, 2.24) is 0 Å². The second-order valence-corrected chi connectivity index (χ2v) is 4.07. The molecule has 1 rings (SSSR count). The molecule has 1 aliphatic rings. The summed E-state index contributed by atoms with van der Waals surface area (Å²) in [7, 11) is 0. The smallest absolute Gasteiger partial charge is 0.0465 e. The fourth-order valence-corrected chi connectivity index (χ4v) is 2.67. The van der Waals surface area contributed by atoms with Crippen molar-refractivity contribution in [1.29, 1.82) is 0 Å². The molecule has 0 heterocycles. The van der Waals surface area contributed by atoms with Crippen LogP contribution in [0.3, 0.4) is 0 Å². The molecule has 1 saturated carbocycles. The summed E-state index contributed by atoms with van der Waals surface area (Å²) in [6.07, 6.45) is 2.30. The lowest BCUT2D eigenvalue weighted by Crippen LogP contribution is -2.23. The van der Waals surface area contributed by atoms with E-state index in [0.29, 0.717) is 23.7 Å². The van der Waals surface area contributed by atoms with E-state index in [2.05, 4.69) is 13.8 Å². The molecular weight excluding hydrogens is 152 g/mol. The van der Waals surface area contributed by atoms with Crippen LogP contribution in [-0.4, -0.2) is 23.4 Å². The molecule has 0 radical (unpaired) electrons. The van der Waals surface area contributed by atoms with E-state index in [1.807, 2.05) is 0 Å².